The molecule has 0 radical (unpaired) electrons. The molecule has 1 amide bonds. The number of hydrogen-bond acceptors (Lipinski definition) is 4. The monoisotopic (exact) mass is 528 g/mol. The molecule has 4 aromatic carbocycles. The number of sulfonamides is 1. The van der Waals surface area contributed by atoms with Gasteiger partial charge in [-0.3, -0.25) is 9.10 Å². The van der Waals surface area contributed by atoms with Gasteiger partial charge in [0.15, 0.2) is 0 Å². The second kappa shape index (κ2) is 11.0. The van der Waals surface area contributed by atoms with Gasteiger partial charge in [-0.15, -0.1) is 0 Å². The van der Waals surface area contributed by atoms with Crippen molar-refractivity contribution in [1.29, 1.82) is 0 Å². The summed E-state index contributed by atoms with van der Waals surface area (Å²) in [7, 11) is -4.05. The van der Waals surface area contributed by atoms with Crippen molar-refractivity contribution in [3.05, 3.63) is 101 Å². The second-order valence-electron chi connectivity index (χ2n) is 7.65. The zero-order valence-corrected chi connectivity index (χ0v) is 20.9. The molecule has 0 spiro atoms. The Labute approximate surface area is 214 Å². The standard InChI is InChI=1S/C26H22Cl2N2O4S/c27-21-9-12-25(13-10-21)35(32,33)30(23-7-3-6-22(28)17-23)18-26(31)29-14-15-34-24-11-8-19-4-1-2-5-20(19)16-24/h1-13,16-17H,14-15,18H2,(H,29,31). The molecule has 0 heterocycles. The number of carbonyl (C=O) groups is 1. The lowest BCUT2D eigenvalue weighted by Gasteiger charge is -2.24. The van der Waals surface area contributed by atoms with E-state index in [2.05, 4.69) is 5.32 Å². The lowest BCUT2D eigenvalue weighted by Crippen LogP contribution is -2.41. The molecule has 0 bridgehead atoms. The highest BCUT2D eigenvalue weighted by Gasteiger charge is 2.27. The van der Waals surface area contributed by atoms with Crippen LogP contribution in [0.3, 0.4) is 0 Å². The summed E-state index contributed by atoms with van der Waals surface area (Å²) < 4.78 is 33.5. The first-order valence-corrected chi connectivity index (χ1v) is 12.9. The number of fused-ring (bicyclic) bond motifs is 1. The Balaban J connectivity index is 1.42. The number of ether oxygens (including phenoxy) is 1. The third-order valence-electron chi connectivity index (χ3n) is 5.20. The van der Waals surface area contributed by atoms with E-state index in [1.54, 1.807) is 18.2 Å². The van der Waals surface area contributed by atoms with Gasteiger partial charge in [-0.25, -0.2) is 8.42 Å². The van der Waals surface area contributed by atoms with E-state index in [9.17, 15) is 13.2 Å². The summed E-state index contributed by atoms with van der Waals surface area (Å²) in [6.07, 6.45) is 0. The highest BCUT2D eigenvalue weighted by molar-refractivity contribution is 7.92. The molecule has 0 fully saturated rings. The van der Waals surface area contributed by atoms with Gasteiger partial charge >= 0.3 is 0 Å². The number of hydrogen-bond donors (Lipinski definition) is 1. The molecular weight excluding hydrogens is 507 g/mol. The summed E-state index contributed by atoms with van der Waals surface area (Å²) in [6.45, 7) is 0.00248. The lowest BCUT2D eigenvalue weighted by molar-refractivity contribution is -0.119. The van der Waals surface area contributed by atoms with Crippen molar-refractivity contribution in [2.45, 2.75) is 4.90 Å². The Morgan fingerprint density at radius 2 is 1.57 bits per heavy atom. The first kappa shape index (κ1) is 24.9. The highest BCUT2D eigenvalue weighted by Crippen LogP contribution is 2.27. The largest absolute Gasteiger partial charge is 0.492 e. The van der Waals surface area contributed by atoms with E-state index in [0.29, 0.717) is 15.8 Å². The van der Waals surface area contributed by atoms with E-state index < -0.39 is 22.5 Å². The minimum atomic E-state index is -4.05. The number of nitrogens with one attached hydrogen (secondary N) is 1. The van der Waals surface area contributed by atoms with Gasteiger partial charge in [0.2, 0.25) is 5.91 Å². The Hall–Kier alpha value is -3.26. The molecule has 4 rings (SSSR count). The van der Waals surface area contributed by atoms with Gasteiger partial charge in [0, 0.05) is 10.0 Å². The van der Waals surface area contributed by atoms with Gasteiger partial charge in [0.05, 0.1) is 17.1 Å². The molecular formula is C26H22Cl2N2O4S. The quantitative estimate of drug-likeness (QED) is 0.289. The summed E-state index contributed by atoms with van der Waals surface area (Å²) in [5.74, 6) is 0.202. The van der Waals surface area contributed by atoms with Crippen LogP contribution in [0, 0.1) is 0 Å². The Morgan fingerprint density at radius 1 is 0.829 bits per heavy atom. The number of benzene rings is 4. The van der Waals surface area contributed by atoms with Crippen LogP contribution in [-0.2, 0) is 14.8 Å². The second-order valence-corrected chi connectivity index (χ2v) is 10.4. The van der Waals surface area contributed by atoms with Crippen LogP contribution in [0.2, 0.25) is 10.0 Å². The molecule has 0 atom stereocenters. The van der Waals surface area contributed by atoms with Gasteiger partial charge in [0.1, 0.15) is 18.9 Å². The summed E-state index contributed by atoms with van der Waals surface area (Å²) in [4.78, 5) is 12.7. The minimum absolute atomic E-state index is 0.00862. The normalized spacial score (nSPS) is 11.3. The van der Waals surface area contributed by atoms with Gasteiger partial charge in [-0.2, -0.15) is 0 Å². The van der Waals surface area contributed by atoms with Gasteiger partial charge in [0.25, 0.3) is 10.0 Å². The summed E-state index contributed by atoms with van der Waals surface area (Å²) in [5, 5.41) is 5.63. The molecule has 0 unspecified atom stereocenters. The minimum Gasteiger partial charge on any atom is -0.492 e. The van der Waals surface area contributed by atoms with Crippen LogP contribution in [0.15, 0.2) is 95.9 Å². The first-order valence-electron chi connectivity index (χ1n) is 10.7. The van der Waals surface area contributed by atoms with Crippen molar-refractivity contribution in [2.75, 3.05) is 24.0 Å². The van der Waals surface area contributed by atoms with Crippen LogP contribution in [0.25, 0.3) is 10.8 Å². The zero-order valence-electron chi connectivity index (χ0n) is 18.5. The maximum atomic E-state index is 13.3. The SMILES string of the molecule is O=C(CN(c1cccc(Cl)c1)S(=O)(=O)c1ccc(Cl)cc1)NCCOc1ccc2ccccc2c1. The summed E-state index contributed by atoms with van der Waals surface area (Å²) in [6, 6.07) is 25.8. The zero-order chi connectivity index (χ0) is 24.8. The van der Waals surface area contributed by atoms with Gasteiger partial charge in [-0.1, -0.05) is 59.6 Å². The van der Waals surface area contributed by atoms with Crippen LogP contribution in [-0.4, -0.2) is 34.0 Å². The van der Waals surface area contributed by atoms with Crippen LogP contribution in [0.5, 0.6) is 5.75 Å². The number of anilines is 1. The molecule has 0 aromatic heterocycles. The van der Waals surface area contributed by atoms with E-state index in [1.807, 2.05) is 42.5 Å². The van der Waals surface area contributed by atoms with E-state index in [4.69, 9.17) is 27.9 Å². The molecule has 6 nitrogen and oxygen atoms in total. The molecule has 1 N–H and O–H groups in total. The third kappa shape index (κ3) is 6.25. The average Bonchev–Trinajstić information content (AvgIpc) is 2.85. The molecule has 0 aliphatic carbocycles. The fraction of sp³-hybridized carbons (Fsp3) is 0.115. The van der Waals surface area contributed by atoms with Crippen LogP contribution >= 0.6 is 23.2 Å². The van der Waals surface area contributed by atoms with Crippen LogP contribution in [0.1, 0.15) is 0 Å². The lowest BCUT2D eigenvalue weighted by atomic mass is 10.1. The number of halogens is 2. The van der Waals surface area contributed by atoms with Crippen LogP contribution < -0.4 is 14.4 Å². The van der Waals surface area contributed by atoms with Crippen LogP contribution in [0.4, 0.5) is 5.69 Å². The van der Waals surface area contributed by atoms with Gasteiger partial charge in [-0.05, 0) is 65.4 Å². The fourth-order valence-corrected chi connectivity index (χ4v) is 5.21. The third-order valence-corrected chi connectivity index (χ3v) is 7.47. The van der Waals surface area contributed by atoms with E-state index in [0.717, 1.165) is 15.1 Å². The molecule has 0 aliphatic heterocycles. The summed E-state index contributed by atoms with van der Waals surface area (Å²) >= 11 is 12.0. The smallest absolute Gasteiger partial charge is 0.264 e. The molecule has 0 saturated heterocycles. The predicted molar refractivity (Wildman–Crippen MR) is 140 cm³/mol. The van der Waals surface area contributed by atoms with E-state index in [1.165, 1.54) is 30.3 Å². The molecule has 9 heteroatoms. The maximum Gasteiger partial charge on any atom is 0.264 e. The number of carbonyl (C=O) groups excluding carboxylic acids is 1. The average molecular weight is 529 g/mol. The molecule has 180 valence electrons. The van der Waals surface area contributed by atoms with E-state index in [-0.39, 0.29) is 23.7 Å². The molecule has 0 aliphatic rings. The van der Waals surface area contributed by atoms with Crippen molar-refractivity contribution in [3.63, 3.8) is 0 Å². The Bertz CT molecular complexity index is 1440. The Kier molecular flexibility index (Phi) is 7.80. The molecule has 35 heavy (non-hydrogen) atoms. The predicted octanol–water partition coefficient (Wildman–Crippen LogP) is 5.54. The Morgan fingerprint density at radius 3 is 2.31 bits per heavy atom. The number of amides is 1. The highest BCUT2D eigenvalue weighted by atomic mass is 35.5. The fourth-order valence-electron chi connectivity index (χ4n) is 3.48. The maximum absolute atomic E-state index is 13.3. The number of nitrogens with zero attached hydrogens (tertiary/aromatic N) is 1. The molecule has 0 saturated carbocycles. The number of rotatable bonds is 9. The summed E-state index contributed by atoms with van der Waals surface area (Å²) in [5.41, 5.74) is 0.273. The van der Waals surface area contributed by atoms with Crippen molar-refractivity contribution >= 4 is 55.6 Å². The van der Waals surface area contributed by atoms with Crippen molar-refractivity contribution < 1.29 is 17.9 Å². The van der Waals surface area contributed by atoms with E-state index >= 15 is 0 Å². The first-order chi connectivity index (χ1) is 16.8. The van der Waals surface area contributed by atoms with Crippen molar-refractivity contribution in [2.24, 2.45) is 0 Å². The topological polar surface area (TPSA) is 75.7 Å². The van der Waals surface area contributed by atoms with Crippen molar-refractivity contribution in [3.8, 4) is 5.75 Å². The molecule has 4 aromatic rings. The van der Waals surface area contributed by atoms with Crippen molar-refractivity contribution in [1.82, 2.24) is 5.32 Å². The van der Waals surface area contributed by atoms with Gasteiger partial charge < -0.3 is 10.1 Å².